The standard InChI is InChI=1S/C23H20N2O/c1-2-6-22(7-3-1)26-23-12-9-19(10-13-23)20-15-18(16-24-17-20)8-11-21-5-4-14-25-21/h1-3,6-7,9-10,12-13,15-17,21,25H,4-5,14H2. The average Bonchev–Trinajstić information content (AvgIpc) is 3.22. The van der Waals surface area contributed by atoms with Gasteiger partial charge in [-0.2, -0.15) is 0 Å². The number of aromatic nitrogens is 1. The fraction of sp³-hybridized carbons (Fsp3) is 0.174. The maximum absolute atomic E-state index is 5.84. The van der Waals surface area contributed by atoms with Crippen LogP contribution in [0.1, 0.15) is 18.4 Å². The monoisotopic (exact) mass is 340 g/mol. The predicted molar refractivity (Wildman–Crippen MR) is 104 cm³/mol. The summed E-state index contributed by atoms with van der Waals surface area (Å²) in [6.07, 6.45) is 6.02. The minimum atomic E-state index is 0.313. The first kappa shape index (κ1) is 16.4. The lowest BCUT2D eigenvalue weighted by molar-refractivity contribution is 0.483. The number of ether oxygens (including phenoxy) is 1. The zero-order chi connectivity index (χ0) is 17.6. The number of hydrogen-bond donors (Lipinski definition) is 1. The van der Waals surface area contributed by atoms with Crippen molar-refractivity contribution in [3.63, 3.8) is 0 Å². The first-order valence-corrected chi connectivity index (χ1v) is 8.90. The molecule has 0 amide bonds. The Hall–Kier alpha value is -3.09. The zero-order valence-electron chi connectivity index (χ0n) is 14.5. The second-order valence-corrected chi connectivity index (χ2v) is 6.32. The minimum absolute atomic E-state index is 0.313. The highest BCUT2D eigenvalue weighted by Crippen LogP contribution is 2.25. The van der Waals surface area contributed by atoms with E-state index in [1.54, 1.807) is 0 Å². The molecule has 26 heavy (non-hydrogen) atoms. The molecule has 0 radical (unpaired) electrons. The van der Waals surface area contributed by atoms with E-state index in [-0.39, 0.29) is 0 Å². The molecule has 1 saturated heterocycles. The number of rotatable bonds is 3. The van der Waals surface area contributed by atoms with E-state index in [1.165, 1.54) is 6.42 Å². The molecule has 4 rings (SSSR count). The summed E-state index contributed by atoms with van der Waals surface area (Å²) >= 11 is 0. The Kier molecular flexibility index (Phi) is 4.95. The summed E-state index contributed by atoms with van der Waals surface area (Å²) in [6.45, 7) is 1.06. The third kappa shape index (κ3) is 4.11. The SMILES string of the molecule is C(#CC1CCCN1)c1cncc(-c2ccc(Oc3ccccc3)cc2)c1. The second kappa shape index (κ2) is 7.86. The first-order chi connectivity index (χ1) is 12.9. The molecule has 3 nitrogen and oxygen atoms in total. The molecule has 2 heterocycles. The van der Waals surface area contributed by atoms with Gasteiger partial charge in [0.05, 0.1) is 6.04 Å². The van der Waals surface area contributed by atoms with Crippen LogP contribution < -0.4 is 10.1 Å². The average molecular weight is 340 g/mol. The highest BCUT2D eigenvalue weighted by molar-refractivity contribution is 5.65. The lowest BCUT2D eigenvalue weighted by Crippen LogP contribution is -2.18. The Morgan fingerprint density at radius 1 is 0.923 bits per heavy atom. The number of para-hydroxylation sites is 1. The maximum Gasteiger partial charge on any atom is 0.127 e. The van der Waals surface area contributed by atoms with Gasteiger partial charge in [-0.15, -0.1) is 0 Å². The number of hydrogen-bond acceptors (Lipinski definition) is 3. The number of benzene rings is 2. The molecule has 2 aromatic carbocycles. The largest absolute Gasteiger partial charge is 0.457 e. The van der Waals surface area contributed by atoms with Crippen LogP contribution in [0.25, 0.3) is 11.1 Å². The van der Waals surface area contributed by atoms with Gasteiger partial charge in [0.2, 0.25) is 0 Å². The Morgan fingerprint density at radius 2 is 1.73 bits per heavy atom. The van der Waals surface area contributed by atoms with Crippen molar-refractivity contribution in [1.82, 2.24) is 10.3 Å². The van der Waals surface area contributed by atoms with Gasteiger partial charge in [0, 0.05) is 23.5 Å². The fourth-order valence-corrected chi connectivity index (χ4v) is 2.98. The summed E-state index contributed by atoms with van der Waals surface area (Å²) in [5, 5.41) is 3.39. The lowest BCUT2D eigenvalue weighted by atomic mass is 10.1. The van der Waals surface area contributed by atoms with Crippen LogP contribution in [0, 0.1) is 11.8 Å². The lowest BCUT2D eigenvalue weighted by Gasteiger charge is -2.07. The quantitative estimate of drug-likeness (QED) is 0.705. The van der Waals surface area contributed by atoms with Gasteiger partial charge in [0.1, 0.15) is 11.5 Å². The van der Waals surface area contributed by atoms with E-state index in [0.717, 1.165) is 41.2 Å². The van der Waals surface area contributed by atoms with Crippen LogP contribution in [0.2, 0.25) is 0 Å². The van der Waals surface area contributed by atoms with Crippen molar-refractivity contribution in [1.29, 1.82) is 0 Å². The zero-order valence-corrected chi connectivity index (χ0v) is 14.5. The molecular formula is C23H20N2O. The third-order valence-corrected chi connectivity index (χ3v) is 4.36. The van der Waals surface area contributed by atoms with Crippen LogP contribution in [-0.2, 0) is 0 Å². The number of pyridine rings is 1. The van der Waals surface area contributed by atoms with Gasteiger partial charge in [-0.3, -0.25) is 4.98 Å². The van der Waals surface area contributed by atoms with Crippen molar-refractivity contribution in [2.75, 3.05) is 6.54 Å². The molecule has 128 valence electrons. The van der Waals surface area contributed by atoms with Crippen molar-refractivity contribution in [3.05, 3.63) is 78.6 Å². The fourth-order valence-electron chi connectivity index (χ4n) is 2.98. The topological polar surface area (TPSA) is 34.2 Å². The van der Waals surface area contributed by atoms with Crippen molar-refractivity contribution >= 4 is 0 Å². The van der Waals surface area contributed by atoms with Crippen LogP contribution in [-0.4, -0.2) is 17.6 Å². The van der Waals surface area contributed by atoms with Gasteiger partial charge in [-0.25, -0.2) is 0 Å². The van der Waals surface area contributed by atoms with E-state index in [1.807, 2.05) is 67.0 Å². The van der Waals surface area contributed by atoms with Crippen molar-refractivity contribution in [2.24, 2.45) is 0 Å². The van der Waals surface area contributed by atoms with Gasteiger partial charge in [0.15, 0.2) is 0 Å². The second-order valence-electron chi connectivity index (χ2n) is 6.32. The molecule has 1 fully saturated rings. The van der Waals surface area contributed by atoms with E-state index < -0.39 is 0 Å². The van der Waals surface area contributed by atoms with Crippen LogP contribution in [0.5, 0.6) is 11.5 Å². The molecule has 1 unspecified atom stereocenters. The van der Waals surface area contributed by atoms with E-state index in [9.17, 15) is 0 Å². The summed E-state index contributed by atoms with van der Waals surface area (Å²) in [6, 6.07) is 20.2. The summed E-state index contributed by atoms with van der Waals surface area (Å²) in [4.78, 5) is 4.34. The summed E-state index contributed by atoms with van der Waals surface area (Å²) in [5.74, 6) is 8.18. The molecule has 0 spiro atoms. The van der Waals surface area contributed by atoms with Gasteiger partial charge in [-0.05, 0) is 55.3 Å². The van der Waals surface area contributed by atoms with Crippen LogP contribution >= 0.6 is 0 Å². The molecule has 1 atom stereocenters. The maximum atomic E-state index is 5.84. The molecule has 1 aliphatic heterocycles. The Balaban J connectivity index is 1.49. The molecule has 0 bridgehead atoms. The predicted octanol–water partition coefficient (Wildman–Crippen LogP) is 4.64. The van der Waals surface area contributed by atoms with Crippen molar-refractivity contribution in [3.8, 4) is 34.5 Å². The van der Waals surface area contributed by atoms with E-state index in [4.69, 9.17) is 4.74 Å². The first-order valence-electron chi connectivity index (χ1n) is 8.90. The van der Waals surface area contributed by atoms with Crippen molar-refractivity contribution < 1.29 is 4.74 Å². The highest BCUT2D eigenvalue weighted by Gasteiger charge is 2.10. The Morgan fingerprint density at radius 3 is 2.50 bits per heavy atom. The molecule has 1 N–H and O–H groups in total. The van der Waals surface area contributed by atoms with Crippen LogP contribution in [0.4, 0.5) is 0 Å². The molecule has 3 heteroatoms. The molecule has 0 aliphatic carbocycles. The molecular weight excluding hydrogens is 320 g/mol. The summed E-state index contributed by atoms with van der Waals surface area (Å²) < 4.78 is 5.84. The number of nitrogens with one attached hydrogen (secondary N) is 1. The highest BCUT2D eigenvalue weighted by atomic mass is 16.5. The minimum Gasteiger partial charge on any atom is -0.457 e. The smallest absolute Gasteiger partial charge is 0.127 e. The van der Waals surface area contributed by atoms with E-state index >= 15 is 0 Å². The van der Waals surface area contributed by atoms with Gasteiger partial charge in [-0.1, -0.05) is 42.2 Å². The molecule has 1 aromatic heterocycles. The Bertz CT molecular complexity index is 918. The van der Waals surface area contributed by atoms with Gasteiger partial charge >= 0.3 is 0 Å². The third-order valence-electron chi connectivity index (χ3n) is 4.36. The molecule has 0 saturated carbocycles. The molecule has 3 aromatic rings. The van der Waals surface area contributed by atoms with Crippen LogP contribution in [0.3, 0.4) is 0 Å². The van der Waals surface area contributed by atoms with Gasteiger partial charge < -0.3 is 10.1 Å². The van der Waals surface area contributed by atoms with Gasteiger partial charge in [0.25, 0.3) is 0 Å². The van der Waals surface area contributed by atoms with Crippen LogP contribution in [0.15, 0.2) is 73.1 Å². The molecule has 1 aliphatic rings. The summed E-state index contributed by atoms with van der Waals surface area (Å²) in [7, 11) is 0. The number of nitrogens with zero attached hydrogens (tertiary/aromatic N) is 1. The summed E-state index contributed by atoms with van der Waals surface area (Å²) in [5.41, 5.74) is 3.10. The van der Waals surface area contributed by atoms with Crippen molar-refractivity contribution in [2.45, 2.75) is 18.9 Å². The Labute approximate surface area is 154 Å². The normalized spacial score (nSPS) is 15.9. The van der Waals surface area contributed by atoms with E-state index in [0.29, 0.717) is 6.04 Å². The van der Waals surface area contributed by atoms with E-state index in [2.05, 4.69) is 28.2 Å².